The van der Waals surface area contributed by atoms with E-state index in [9.17, 15) is 4.79 Å². The van der Waals surface area contributed by atoms with E-state index in [0.717, 1.165) is 0 Å². The highest BCUT2D eigenvalue weighted by Gasteiger charge is 1.93. The average Bonchev–Trinajstić information content (AvgIpc) is 2.16. The molecule has 0 atom stereocenters. The first-order chi connectivity index (χ1) is 6.36. The second kappa shape index (κ2) is 4.91. The van der Waals surface area contributed by atoms with Gasteiger partial charge in [0.1, 0.15) is 12.4 Å². The van der Waals surface area contributed by atoms with Crippen molar-refractivity contribution in [3.05, 3.63) is 36.9 Å². The van der Waals surface area contributed by atoms with Crippen molar-refractivity contribution in [1.29, 1.82) is 0 Å². The molecular weight excluding hydrogens is 166 g/mol. The molecule has 0 saturated carbocycles. The van der Waals surface area contributed by atoms with Gasteiger partial charge in [0.05, 0.1) is 5.69 Å². The van der Waals surface area contributed by atoms with E-state index in [4.69, 9.17) is 4.74 Å². The van der Waals surface area contributed by atoms with E-state index in [1.807, 2.05) is 0 Å². The Hall–Kier alpha value is -1.86. The maximum absolute atomic E-state index is 9.95. The summed E-state index contributed by atoms with van der Waals surface area (Å²) in [7, 11) is 0. The van der Waals surface area contributed by atoms with Crippen molar-refractivity contribution < 1.29 is 9.53 Å². The van der Waals surface area contributed by atoms with Crippen molar-refractivity contribution in [2.24, 2.45) is 4.99 Å². The average molecular weight is 175 g/mol. The molecular formula is C10H9NO2. The number of aliphatic imine (C=N–C) groups is 1. The van der Waals surface area contributed by atoms with Crippen molar-refractivity contribution in [1.82, 2.24) is 0 Å². The number of hydrogen-bond acceptors (Lipinski definition) is 3. The Morgan fingerprint density at radius 3 is 3.15 bits per heavy atom. The van der Waals surface area contributed by atoms with Crippen LogP contribution in [0.25, 0.3) is 0 Å². The van der Waals surface area contributed by atoms with Crippen molar-refractivity contribution in [3.63, 3.8) is 0 Å². The third-order valence-electron chi connectivity index (χ3n) is 1.36. The predicted molar refractivity (Wildman–Crippen MR) is 49.9 cm³/mol. The Morgan fingerprint density at radius 2 is 2.46 bits per heavy atom. The molecule has 66 valence electrons. The van der Waals surface area contributed by atoms with Crippen molar-refractivity contribution in [2.75, 3.05) is 6.61 Å². The molecule has 0 amide bonds. The van der Waals surface area contributed by atoms with Crippen LogP contribution in [0.4, 0.5) is 5.69 Å². The summed E-state index contributed by atoms with van der Waals surface area (Å²) < 4.78 is 5.23. The third kappa shape index (κ3) is 2.93. The molecule has 0 radical (unpaired) electrons. The molecule has 0 spiro atoms. The number of ether oxygens (including phenoxy) is 1. The van der Waals surface area contributed by atoms with Gasteiger partial charge in [-0.3, -0.25) is 0 Å². The molecule has 0 bridgehead atoms. The van der Waals surface area contributed by atoms with E-state index in [1.165, 1.54) is 6.08 Å². The standard InChI is InChI=1S/C10H9NO2/c1-2-6-13-10-5-3-4-9(7-10)11-8-12/h2-5,7H,1,6H2. The van der Waals surface area contributed by atoms with E-state index in [2.05, 4.69) is 11.6 Å². The molecule has 0 aliphatic rings. The van der Waals surface area contributed by atoms with Crippen molar-refractivity contribution in [2.45, 2.75) is 0 Å². The summed E-state index contributed by atoms with van der Waals surface area (Å²) in [6.45, 7) is 3.96. The van der Waals surface area contributed by atoms with Gasteiger partial charge in [0, 0.05) is 6.07 Å². The molecule has 0 aliphatic carbocycles. The quantitative estimate of drug-likeness (QED) is 0.400. The summed E-state index contributed by atoms with van der Waals surface area (Å²) in [5.41, 5.74) is 0.538. The molecule has 1 aromatic rings. The maximum Gasteiger partial charge on any atom is 0.240 e. The molecule has 0 N–H and O–H groups in total. The lowest BCUT2D eigenvalue weighted by molar-refractivity contribution is 0.363. The lowest BCUT2D eigenvalue weighted by atomic mass is 10.3. The number of rotatable bonds is 4. The topological polar surface area (TPSA) is 38.7 Å². The first-order valence-corrected chi connectivity index (χ1v) is 3.78. The van der Waals surface area contributed by atoms with Crippen molar-refractivity contribution in [3.8, 4) is 5.75 Å². The largest absolute Gasteiger partial charge is 0.489 e. The molecule has 0 unspecified atom stereocenters. The fraction of sp³-hybridized carbons (Fsp3) is 0.100. The van der Waals surface area contributed by atoms with Gasteiger partial charge in [-0.2, -0.15) is 4.99 Å². The number of carbonyl (C=O) groups excluding carboxylic acids is 1. The summed E-state index contributed by atoms with van der Waals surface area (Å²) in [5.74, 6) is 0.663. The highest BCUT2D eigenvalue weighted by Crippen LogP contribution is 2.18. The van der Waals surface area contributed by atoms with Gasteiger partial charge in [-0.25, -0.2) is 4.79 Å². The second-order valence-corrected chi connectivity index (χ2v) is 2.30. The van der Waals surface area contributed by atoms with E-state index in [0.29, 0.717) is 18.0 Å². The van der Waals surface area contributed by atoms with Crippen LogP contribution in [0.3, 0.4) is 0 Å². The second-order valence-electron chi connectivity index (χ2n) is 2.30. The van der Waals surface area contributed by atoms with Crippen LogP contribution < -0.4 is 4.74 Å². The molecule has 3 nitrogen and oxygen atoms in total. The van der Waals surface area contributed by atoms with Gasteiger partial charge in [-0.15, -0.1) is 0 Å². The van der Waals surface area contributed by atoms with Crippen LogP contribution in [0.15, 0.2) is 41.9 Å². The molecule has 0 saturated heterocycles. The SMILES string of the molecule is C=CCOc1cccc(N=C=O)c1. The first-order valence-electron chi connectivity index (χ1n) is 3.78. The summed E-state index contributed by atoms with van der Waals surface area (Å²) in [6, 6.07) is 6.90. The zero-order valence-corrected chi connectivity index (χ0v) is 7.06. The van der Waals surface area contributed by atoms with Crippen molar-refractivity contribution >= 4 is 11.8 Å². The molecule has 0 aliphatic heterocycles. The maximum atomic E-state index is 9.95. The molecule has 1 rings (SSSR count). The molecule has 1 aromatic carbocycles. The van der Waals surface area contributed by atoms with Crippen LogP contribution in [0, 0.1) is 0 Å². The third-order valence-corrected chi connectivity index (χ3v) is 1.36. The highest BCUT2D eigenvalue weighted by atomic mass is 16.5. The lowest BCUT2D eigenvalue weighted by Crippen LogP contribution is -1.91. The van der Waals surface area contributed by atoms with Gasteiger partial charge in [-0.1, -0.05) is 18.7 Å². The lowest BCUT2D eigenvalue weighted by Gasteiger charge is -2.01. The van der Waals surface area contributed by atoms with Crippen LogP contribution >= 0.6 is 0 Å². The van der Waals surface area contributed by atoms with Crippen LogP contribution in [-0.2, 0) is 4.79 Å². The smallest absolute Gasteiger partial charge is 0.240 e. The van der Waals surface area contributed by atoms with Crippen LogP contribution in [0.2, 0.25) is 0 Å². The van der Waals surface area contributed by atoms with E-state index in [-0.39, 0.29) is 0 Å². The Balaban J connectivity index is 2.78. The van der Waals surface area contributed by atoms with E-state index >= 15 is 0 Å². The molecule has 3 heteroatoms. The van der Waals surface area contributed by atoms with Gasteiger partial charge in [0.25, 0.3) is 0 Å². The predicted octanol–water partition coefficient (Wildman–Crippen LogP) is 2.22. The van der Waals surface area contributed by atoms with Gasteiger partial charge in [0.15, 0.2) is 0 Å². The first kappa shape index (κ1) is 9.23. The van der Waals surface area contributed by atoms with Crippen LogP contribution in [0.1, 0.15) is 0 Å². The molecule has 0 fully saturated rings. The van der Waals surface area contributed by atoms with Gasteiger partial charge < -0.3 is 4.74 Å². The minimum Gasteiger partial charge on any atom is -0.489 e. The van der Waals surface area contributed by atoms with Gasteiger partial charge in [0.2, 0.25) is 6.08 Å². The summed E-state index contributed by atoms with van der Waals surface area (Å²) in [5, 5.41) is 0. The fourth-order valence-electron chi connectivity index (χ4n) is 0.851. The Bertz CT molecular complexity index is 341. The van der Waals surface area contributed by atoms with Crippen LogP contribution in [0.5, 0.6) is 5.75 Å². The summed E-state index contributed by atoms with van der Waals surface area (Å²) >= 11 is 0. The molecule has 0 aromatic heterocycles. The Morgan fingerprint density at radius 1 is 1.62 bits per heavy atom. The number of isocyanates is 1. The Labute approximate surface area is 76.4 Å². The molecule has 0 heterocycles. The monoisotopic (exact) mass is 175 g/mol. The number of nitrogens with zero attached hydrogens (tertiary/aromatic N) is 1. The zero-order chi connectivity index (χ0) is 9.52. The normalized spacial score (nSPS) is 8.62. The fourth-order valence-corrected chi connectivity index (χ4v) is 0.851. The summed E-state index contributed by atoms with van der Waals surface area (Å²) in [6.07, 6.45) is 3.12. The number of hydrogen-bond donors (Lipinski definition) is 0. The van der Waals surface area contributed by atoms with Gasteiger partial charge in [-0.05, 0) is 12.1 Å². The molecule has 13 heavy (non-hydrogen) atoms. The Kier molecular flexibility index (Phi) is 3.48. The highest BCUT2D eigenvalue weighted by molar-refractivity contribution is 5.51. The number of benzene rings is 1. The van der Waals surface area contributed by atoms with Crippen LogP contribution in [-0.4, -0.2) is 12.7 Å². The van der Waals surface area contributed by atoms with Gasteiger partial charge >= 0.3 is 0 Å². The zero-order valence-electron chi connectivity index (χ0n) is 7.06. The van der Waals surface area contributed by atoms with E-state index < -0.39 is 0 Å². The minimum absolute atomic E-state index is 0.439. The minimum atomic E-state index is 0.439. The van der Waals surface area contributed by atoms with E-state index in [1.54, 1.807) is 30.3 Å². The summed E-state index contributed by atoms with van der Waals surface area (Å²) in [4.78, 5) is 13.4.